The Morgan fingerprint density at radius 3 is 3.21 bits per heavy atom. The Labute approximate surface area is 82.5 Å². The predicted octanol–water partition coefficient (Wildman–Crippen LogP) is -0.101. The third-order valence-corrected chi connectivity index (χ3v) is 2.43. The predicted molar refractivity (Wildman–Crippen MR) is 49.8 cm³/mol. The maximum atomic E-state index is 8.68. The summed E-state index contributed by atoms with van der Waals surface area (Å²) in [4.78, 5) is 4.19. The fourth-order valence-corrected chi connectivity index (χ4v) is 1.72. The van der Waals surface area contributed by atoms with E-state index in [1.165, 1.54) is 12.8 Å². The highest BCUT2D eigenvalue weighted by molar-refractivity contribution is 4.91. The van der Waals surface area contributed by atoms with Gasteiger partial charge in [-0.2, -0.15) is 4.98 Å². The molecule has 5 heteroatoms. The van der Waals surface area contributed by atoms with Gasteiger partial charge in [0.25, 0.3) is 0 Å². The minimum atomic E-state index is 0.0701. The zero-order valence-electron chi connectivity index (χ0n) is 8.07. The fourth-order valence-electron chi connectivity index (χ4n) is 1.72. The maximum Gasteiger partial charge on any atom is 0.228 e. The van der Waals surface area contributed by atoms with Gasteiger partial charge in [-0.1, -0.05) is 5.16 Å². The highest BCUT2D eigenvalue weighted by atomic mass is 16.5. The summed E-state index contributed by atoms with van der Waals surface area (Å²) in [5.41, 5.74) is 0. The first-order valence-electron chi connectivity index (χ1n) is 5.04. The normalized spacial score (nSPS) is 21.6. The Morgan fingerprint density at radius 2 is 2.50 bits per heavy atom. The van der Waals surface area contributed by atoms with Crippen LogP contribution in [0.15, 0.2) is 4.52 Å². The molecule has 0 radical (unpaired) electrons. The molecule has 1 saturated heterocycles. The second-order valence-electron chi connectivity index (χ2n) is 3.58. The molecular formula is C9H15N3O2. The van der Waals surface area contributed by atoms with Crippen molar-refractivity contribution >= 4 is 0 Å². The van der Waals surface area contributed by atoms with Crippen LogP contribution in [0.1, 0.15) is 24.6 Å². The van der Waals surface area contributed by atoms with Gasteiger partial charge in [0, 0.05) is 18.9 Å². The van der Waals surface area contributed by atoms with Gasteiger partial charge in [0.2, 0.25) is 5.89 Å². The Kier molecular flexibility index (Phi) is 3.10. The highest BCUT2D eigenvalue weighted by Gasteiger charge is 2.17. The highest BCUT2D eigenvalue weighted by Crippen LogP contribution is 2.10. The average molecular weight is 197 g/mol. The largest absolute Gasteiger partial charge is 0.396 e. The second-order valence-corrected chi connectivity index (χ2v) is 3.58. The molecule has 2 heterocycles. The van der Waals surface area contributed by atoms with Crippen LogP contribution in [-0.4, -0.2) is 34.4 Å². The third kappa shape index (κ3) is 2.30. The molecule has 5 nitrogen and oxygen atoms in total. The van der Waals surface area contributed by atoms with Crippen LogP contribution in [0, 0.1) is 0 Å². The monoisotopic (exact) mass is 197 g/mol. The zero-order chi connectivity index (χ0) is 9.80. The fraction of sp³-hybridized carbons (Fsp3) is 0.778. The summed E-state index contributed by atoms with van der Waals surface area (Å²) in [5.74, 6) is 1.27. The molecule has 1 aliphatic heterocycles. The first-order chi connectivity index (χ1) is 6.88. The van der Waals surface area contributed by atoms with Gasteiger partial charge >= 0.3 is 0 Å². The number of nitrogens with one attached hydrogen (secondary N) is 1. The van der Waals surface area contributed by atoms with Gasteiger partial charge in [0.05, 0.1) is 6.61 Å². The molecule has 2 N–H and O–H groups in total. The van der Waals surface area contributed by atoms with E-state index in [0.717, 1.165) is 13.0 Å². The zero-order valence-corrected chi connectivity index (χ0v) is 8.07. The van der Waals surface area contributed by atoms with E-state index in [1.54, 1.807) is 0 Å². The van der Waals surface area contributed by atoms with Crippen LogP contribution in [0.5, 0.6) is 0 Å². The van der Waals surface area contributed by atoms with Crippen LogP contribution in [0.4, 0.5) is 0 Å². The molecule has 0 spiro atoms. The number of hydrogen-bond acceptors (Lipinski definition) is 5. The third-order valence-electron chi connectivity index (χ3n) is 2.43. The molecule has 1 atom stereocenters. The van der Waals surface area contributed by atoms with Crippen LogP contribution in [0.25, 0.3) is 0 Å². The number of hydrogen-bond donors (Lipinski definition) is 2. The molecule has 0 bridgehead atoms. The van der Waals surface area contributed by atoms with E-state index >= 15 is 0 Å². The average Bonchev–Trinajstić information content (AvgIpc) is 2.79. The van der Waals surface area contributed by atoms with Crippen LogP contribution < -0.4 is 5.32 Å². The van der Waals surface area contributed by atoms with Crippen molar-refractivity contribution in [1.82, 2.24) is 15.5 Å². The Hall–Kier alpha value is -0.940. The number of aliphatic hydroxyl groups excluding tert-OH is 1. The molecule has 2 rings (SSSR count). The lowest BCUT2D eigenvalue weighted by Gasteiger charge is -2.04. The quantitative estimate of drug-likeness (QED) is 0.705. The van der Waals surface area contributed by atoms with Gasteiger partial charge in [-0.25, -0.2) is 0 Å². The van der Waals surface area contributed by atoms with Crippen LogP contribution in [0.2, 0.25) is 0 Å². The summed E-state index contributed by atoms with van der Waals surface area (Å²) in [6.07, 6.45) is 3.68. The van der Waals surface area contributed by atoms with Gasteiger partial charge in [-0.3, -0.25) is 0 Å². The molecule has 14 heavy (non-hydrogen) atoms. The first kappa shape index (κ1) is 9.61. The molecule has 1 aliphatic rings. The lowest BCUT2D eigenvalue weighted by Crippen LogP contribution is -2.23. The van der Waals surface area contributed by atoms with Crippen LogP contribution >= 0.6 is 0 Å². The van der Waals surface area contributed by atoms with E-state index in [4.69, 9.17) is 9.63 Å². The smallest absolute Gasteiger partial charge is 0.228 e. The minimum absolute atomic E-state index is 0.0701. The number of aromatic nitrogens is 2. The number of aliphatic hydroxyl groups is 1. The molecule has 0 aromatic carbocycles. The lowest BCUT2D eigenvalue weighted by atomic mass is 10.1. The molecule has 0 saturated carbocycles. The lowest BCUT2D eigenvalue weighted by molar-refractivity contribution is 0.292. The SMILES string of the molecule is OCCc1noc(CC2CCCN2)n1. The van der Waals surface area contributed by atoms with Crippen LogP contribution in [0.3, 0.4) is 0 Å². The number of nitrogens with zero attached hydrogens (tertiary/aromatic N) is 2. The Morgan fingerprint density at radius 1 is 1.57 bits per heavy atom. The van der Waals surface area contributed by atoms with Gasteiger partial charge in [0.15, 0.2) is 5.82 Å². The summed E-state index contributed by atoms with van der Waals surface area (Å²) < 4.78 is 5.07. The van der Waals surface area contributed by atoms with E-state index in [0.29, 0.717) is 24.2 Å². The molecule has 1 fully saturated rings. The van der Waals surface area contributed by atoms with Crippen molar-refractivity contribution in [3.05, 3.63) is 11.7 Å². The molecule has 1 aromatic rings. The topological polar surface area (TPSA) is 71.2 Å². The minimum Gasteiger partial charge on any atom is -0.396 e. The second kappa shape index (κ2) is 4.52. The molecular weight excluding hydrogens is 182 g/mol. The van der Waals surface area contributed by atoms with Crippen molar-refractivity contribution < 1.29 is 9.63 Å². The molecule has 1 aromatic heterocycles. The van der Waals surface area contributed by atoms with Gasteiger partial charge in [-0.05, 0) is 19.4 Å². The van der Waals surface area contributed by atoms with E-state index in [1.807, 2.05) is 0 Å². The summed E-state index contributed by atoms with van der Waals surface area (Å²) >= 11 is 0. The maximum absolute atomic E-state index is 8.68. The summed E-state index contributed by atoms with van der Waals surface area (Å²) in [5, 5.41) is 15.8. The van der Waals surface area contributed by atoms with Crippen molar-refractivity contribution in [2.75, 3.05) is 13.2 Å². The summed E-state index contributed by atoms with van der Waals surface area (Å²) in [6, 6.07) is 0.484. The Bertz CT molecular complexity index is 281. The van der Waals surface area contributed by atoms with Gasteiger partial charge in [0.1, 0.15) is 0 Å². The standard InChI is InChI=1S/C9H15N3O2/c13-5-3-8-11-9(14-12-8)6-7-2-1-4-10-7/h7,10,13H,1-6H2. The molecule has 78 valence electrons. The summed E-state index contributed by atoms with van der Waals surface area (Å²) in [7, 11) is 0. The summed E-state index contributed by atoms with van der Waals surface area (Å²) in [6.45, 7) is 1.16. The molecule has 1 unspecified atom stereocenters. The van der Waals surface area contributed by atoms with Crippen LogP contribution in [-0.2, 0) is 12.8 Å². The van der Waals surface area contributed by atoms with Gasteiger partial charge in [-0.15, -0.1) is 0 Å². The van der Waals surface area contributed by atoms with E-state index in [2.05, 4.69) is 15.5 Å². The van der Waals surface area contributed by atoms with Crippen molar-refractivity contribution in [3.63, 3.8) is 0 Å². The number of rotatable bonds is 4. The van der Waals surface area contributed by atoms with E-state index in [-0.39, 0.29) is 6.61 Å². The first-order valence-corrected chi connectivity index (χ1v) is 5.04. The van der Waals surface area contributed by atoms with Crippen molar-refractivity contribution in [3.8, 4) is 0 Å². The molecule has 0 aliphatic carbocycles. The molecule has 0 amide bonds. The van der Waals surface area contributed by atoms with Crippen molar-refractivity contribution in [2.24, 2.45) is 0 Å². The van der Waals surface area contributed by atoms with E-state index < -0.39 is 0 Å². The van der Waals surface area contributed by atoms with E-state index in [9.17, 15) is 0 Å². The van der Waals surface area contributed by atoms with Crippen molar-refractivity contribution in [1.29, 1.82) is 0 Å². The van der Waals surface area contributed by atoms with Crippen molar-refractivity contribution in [2.45, 2.75) is 31.7 Å². The van der Waals surface area contributed by atoms with Gasteiger partial charge < -0.3 is 14.9 Å². The Balaban J connectivity index is 1.88.